The molecule has 0 aromatic carbocycles. The third-order valence-corrected chi connectivity index (χ3v) is 4.05. The molecule has 0 aliphatic heterocycles. The SMILES string of the molecule is COC(C)(C)c1ccc(CO[Si](C)C)c(C(C)(C)C)n1. The van der Waals surface area contributed by atoms with Crippen LogP contribution in [-0.2, 0) is 26.8 Å². The topological polar surface area (TPSA) is 31.4 Å². The number of methoxy groups -OCH3 is 1. The van der Waals surface area contributed by atoms with Crippen LogP contribution in [0.15, 0.2) is 12.1 Å². The summed E-state index contributed by atoms with van der Waals surface area (Å²) in [7, 11) is 1.03. The molecule has 0 saturated carbocycles. The molecule has 0 N–H and O–H groups in total. The summed E-state index contributed by atoms with van der Waals surface area (Å²) in [6.45, 7) is 15.6. The van der Waals surface area contributed by atoms with Crippen LogP contribution in [0.25, 0.3) is 0 Å². The van der Waals surface area contributed by atoms with Crippen molar-refractivity contribution in [2.24, 2.45) is 0 Å². The van der Waals surface area contributed by atoms with Crippen molar-refractivity contribution in [3.63, 3.8) is 0 Å². The minimum atomic E-state index is -0.689. The molecule has 0 saturated heterocycles. The predicted molar refractivity (Wildman–Crippen MR) is 85.2 cm³/mol. The maximum atomic E-state index is 5.85. The van der Waals surface area contributed by atoms with Crippen molar-refractivity contribution in [1.29, 1.82) is 0 Å². The standard InChI is InChI=1S/C16H28NO2Si/c1-15(2,3)14-12(11-19-20(7)8)9-10-13(17-14)16(4,5)18-6/h9-10H,11H2,1-8H3. The Bertz CT molecular complexity index is 450. The van der Waals surface area contributed by atoms with E-state index in [9.17, 15) is 0 Å². The molecule has 0 aliphatic carbocycles. The van der Waals surface area contributed by atoms with Crippen LogP contribution in [0.3, 0.4) is 0 Å². The van der Waals surface area contributed by atoms with Gasteiger partial charge in [0.05, 0.1) is 18.0 Å². The summed E-state index contributed by atoms with van der Waals surface area (Å²) < 4.78 is 11.4. The van der Waals surface area contributed by atoms with Crippen molar-refractivity contribution in [1.82, 2.24) is 4.98 Å². The van der Waals surface area contributed by atoms with Crippen LogP contribution < -0.4 is 0 Å². The lowest BCUT2D eigenvalue weighted by molar-refractivity contribution is 0.0151. The number of aromatic nitrogens is 1. The first kappa shape index (κ1) is 17.3. The van der Waals surface area contributed by atoms with Crippen molar-refractivity contribution >= 4 is 9.04 Å². The summed E-state index contributed by atoms with van der Waals surface area (Å²) in [6.07, 6.45) is 0. The second-order valence-electron chi connectivity index (χ2n) is 6.87. The molecule has 0 aliphatic rings. The Morgan fingerprint density at radius 3 is 2.15 bits per heavy atom. The predicted octanol–water partition coefficient (Wildman–Crippen LogP) is 4.03. The molecule has 113 valence electrons. The van der Waals surface area contributed by atoms with Crippen LogP contribution in [0, 0.1) is 0 Å². The van der Waals surface area contributed by atoms with Crippen LogP contribution in [0.1, 0.15) is 51.6 Å². The van der Waals surface area contributed by atoms with Gasteiger partial charge in [0.25, 0.3) is 0 Å². The van der Waals surface area contributed by atoms with E-state index in [4.69, 9.17) is 14.1 Å². The molecule has 1 aromatic rings. The van der Waals surface area contributed by atoms with Gasteiger partial charge in [-0.25, -0.2) is 0 Å². The monoisotopic (exact) mass is 294 g/mol. The molecule has 0 spiro atoms. The molecular weight excluding hydrogens is 266 g/mol. The maximum Gasteiger partial charge on any atom is 0.205 e. The molecule has 0 bridgehead atoms. The Morgan fingerprint density at radius 1 is 1.10 bits per heavy atom. The molecule has 1 heterocycles. The number of ether oxygens (including phenoxy) is 1. The minimum absolute atomic E-state index is 0.00703. The largest absolute Gasteiger partial charge is 0.413 e. The number of pyridine rings is 1. The molecule has 0 unspecified atom stereocenters. The first-order valence-corrected chi connectivity index (χ1v) is 9.47. The van der Waals surface area contributed by atoms with Gasteiger partial charge in [0.1, 0.15) is 5.60 Å². The summed E-state index contributed by atoms with van der Waals surface area (Å²) in [5.74, 6) is 0. The van der Waals surface area contributed by atoms with Crippen molar-refractivity contribution in [2.75, 3.05) is 7.11 Å². The van der Waals surface area contributed by atoms with Gasteiger partial charge in [-0.3, -0.25) is 4.98 Å². The highest BCUT2D eigenvalue weighted by Gasteiger charge is 2.26. The summed E-state index contributed by atoms with van der Waals surface area (Å²) in [5.41, 5.74) is 2.87. The first-order chi connectivity index (χ1) is 9.08. The smallest absolute Gasteiger partial charge is 0.205 e. The van der Waals surface area contributed by atoms with Crippen LogP contribution in [0.5, 0.6) is 0 Å². The zero-order chi connectivity index (χ0) is 15.6. The average Bonchev–Trinajstić information content (AvgIpc) is 2.34. The van der Waals surface area contributed by atoms with Crippen molar-refractivity contribution in [2.45, 2.75) is 65.3 Å². The minimum Gasteiger partial charge on any atom is -0.413 e. The normalized spacial score (nSPS) is 13.1. The zero-order valence-corrected chi connectivity index (χ0v) is 15.1. The number of rotatable bonds is 5. The highest BCUT2D eigenvalue weighted by atomic mass is 28.3. The van der Waals surface area contributed by atoms with Crippen molar-refractivity contribution in [3.05, 3.63) is 29.1 Å². The van der Waals surface area contributed by atoms with Gasteiger partial charge in [0.2, 0.25) is 9.04 Å². The van der Waals surface area contributed by atoms with E-state index in [1.54, 1.807) is 7.11 Å². The van der Waals surface area contributed by atoms with E-state index in [0.29, 0.717) is 6.61 Å². The molecule has 20 heavy (non-hydrogen) atoms. The molecule has 1 aromatic heterocycles. The summed E-state index contributed by atoms with van der Waals surface area (Å²) >= 11 is 0. The van der Waals surface area contributed by atoms with Gasteiger partial charge in [0.15, 0.2) is 0 Å². The Morgan fingerprint density at radius 2 is 1.70 bits per heavy atom. The molecule has 1 radical (unpaired) electrons. The molecular formula is C16H28NO2Si. The van der Waals surface area contributed by atoms with Gasteiger partial charge in [-0.2, -0.15) is 0 Å². The van der Waals surface area contributed by atoms with E-state index in [0.717, 1.165) is 11.4 Å². The highest BCUT2D eigenvalue weighted by molar-refractivity contribution is 6.48. The lowest BCUT2D eigenvalue weighted by Gasteiger charge is -2.27. The summed E-state index contributed by atoms with van der Waals surface area (Å²) in [4.78, 5) is 4.87. The molecule has 0 atom stereocenters. The fourth-order valence-corrected chi connectivity index (χ4v) is 2.36. The molecule has 4 heteroatoms. The molecule has 0 fully saturated rings. The fourth-order valence-electron chi connectivity index (χ4n) is 1.92. The van der Waals surface area contributed by atoms with Crippen LogP contribution in [0.4, 0.5) is 0 Å². The van der Waals surface area contributed by atoms with Gasteiger partial charge >= 0.3 is 0 Å². The van der Waals surface area contributed by atoms with E-state index in [1.807, 2.05) is 13.8 Å². The second kappa shape index (κ2) is 6.37. The molecule has 0 amide bonds. The number of nitrogens with zero attached hydrogens (tertiary/aromatic N) is 1. The lowest BCUT2D eigenvalue weighted by atomic mass is 9.87. The van der Waals surface area contributed by atoms with Gasteiger partial charge in [-0.1, -0.05) is 26.8 Å². The van der Waals surface area contributed by atoms with Gasteiger partial charge in [-0.15, -0.1) is 0 Å². The Hall–Kier alpha value is -0.713. The van der Waals surface area contributed by atoms with Crippen LogP contribution in [0.2, 0.25) is 13.1 Å². The Kier molecular flexibility index (Phi) is 5.52. The third kappa shape index (κ3) is 4.40. The maximum absolute atomic E-state index is 5.85. The third-order valence-electron chi connectivity index (χ3n) is 3.33. The second-order valence-corrected chi connectivity index (χ2v) is 8.97. The van der Waals surface area contributed by atoms with Crippen LogP contribution >= 0.6 is 0 Å². The number of hydrogen-bond acceptors (Lipinski definition) is 3. The molecule has 3 nitrogen and oxygen atoms in total. The van der Waals surface area contributed by atoms with Crippen LogP contribution in [-0.4, -0.2) is 21.1 Å². The Labute approximate surface area is 125 Å². The quantitative estimate of drug-likeness (QED) is 0.768. The van der Waals surface area contributed by atoms with Crippen molar-refractivity contribution < 1.29 is 9.16 Å². The first-order valence-electron chi connectivity index (χ1n) is 7.07. The summed E-state index contributed by atoms with van der Waals surface area (Å²) in [6, 6.07) is 4.18. The average molecular weight is 294 g/mol. The van der Waals surface area contributed by atoms with Gasteiger partial charge < -0.3 is 9.16 Å². The number of hydrogen-bond donors (Lipinski definition) is 0. The lowest BCUT2D eigenvalue weighted by Crippen LogP contribution is -2.25. The Balaban J connectivity index is 3.21. The fraction of sp³-hybridized carbons (Fsp3) is 0.688. The van der Waals surface area contributed by atoms with E-state index in [1.165, 1.54) is 5.56 Å². The van der Waals surface area contributed by atoms with Crippen molar-refractivity contribution in [3.8, 4) is 0 Å². The van der Waals surface area contributed by atoms with Gasteiger partial charge in [-0.05, 0) is 38.6 Å². The zero-order valence-electron chi connectivity index (χ0n) is 14.1. The van der Waals surface area contributed by atoms with E-state index in [2.05, 4.69) is 46.0 Å². The summed E-state index contributed by atoms with van der Waals surface area (Å²) in [5, 5.41) is 0. The van der Waals surface area contributed by atoms with E-state index >= 15 is 0 Å². The van der Waals surface area contributed by atoms with E-state index in [-0.39, 0.29) is 11.0 Å². The van der Waals surface area contributed by atoms with Gasteiger partial charge in [0, 0.05) is 12.5 Å². The van der Waals surface area contributed by atoms with E-state index < -0.39 is 9.04 Å². The molecule has 1 rings (SSSR count). The highest BCUT2D eigenvalue weighted by Crippen LogP contribution is 2.29.